The molecule has 8 nitrogen and oxygen atoms in total. The predicted octanol–water partition coefficient (Wildman–Crippen LogP) is 4.38. The summed E-state index contributed by atoms with van der Waals surface area (Å²) in [4.78, 5) is 22.7. The summed E-state index contributed by atoms with van der Waals surface area (Å²) in [6.07, 6.45) is 3.33. The van der Waals surface area contributed by atoms with Gasteiger partial charge < -0.3 is 14.5 Å². The summed E-state index contributed by atoms with van der Waals surface area (Å²) < 4.78 is 11.3. The molecule has 0 unspecified atom stereocenters. The first-order valence-electron chi connectivity index (χ1n) is 9.36. The number of aryl methyl sites for hydroxylation is 2. The molecule has 2 aromatic carbocycles. The van der Waals surface area contributed by atoms with Crippen molar-refractivity contribution in [3.63, 3.8) is 0 Å². The van der Waals surface area contributed by atoms with Crippen LogP contribution in [0.5, 0.6) is 5.75 Å². The summed E-state index contributed by atoms with van der Waals surface area (Å²) in [5.74, 6) is 0.710. The molecule has 0 atom stereocenters. The maximum absolute atomic E-state index is 12.4. The van der Waals surface area contributed by atoms with Crippen LogP contribution in [0.25, 0.3) is 0 Å². The number of rotatable bonds is 6. The SMILES string of the molecule is N#Cc1cc([N+](=O)[O-])ccc1NC(=O)c1ccc(COc2ccc3c(c2)CCC3)o1. The molecule has 150 valence electrons. The molecule has 0 saturated heterocycles. The average molecular weight is 403 g/mol. The molecule has 0 fully saturated rings. The van der Waals surface area contributed by atoms with Crippen LogP contribution in [0.2, 0.25) is 0 Å². The molecule has 1 N–H and O–H groups in total. The number of amides is 1. The van der Waals surface area contributed by atoms with Crippen LogP contribution in [0.3, 0.4) is 0 Å². The van der Waals surface area contributed by atoms with Crippen molar-refractivity contribution in [1.82, 2.24) is 0 Å². The van der Waals surface area contributed by atoms with Gasteiger partial charge in [-0.15, -0.1) is 0 Å². The molecule has 8 heteroatoms. The van der Waals surface area contributed by atoms with Crippen molar-refractivity contribution in [3.8, 4) is 11.8 Å². The first-order valence-corrected chi connectivity index (χ1v) is 9.36. The Labute approximate surface area is 171 Å². The average Bonchev–Trinajstić information content (AvgIpc) is 3.41. The van der Waals surface area contributed by atoms with Gasteiger partial charge in [0, 0.05) is 12.1 Å². The lowest BCUT2D eigenvalue weighted by molar-refractivity contribution is -0.384. The van der Waals surface area contributed by atoms with Gasteiger partial charge in [-0.05, 0) is 60.7 Å². The lowest BCUT2D eigenvalue weighted by Gasteiger charge is -2.07. The fourth-order valence-corrected chi connectivity index (χ4v) is 3.40. The summed E-state index contributed by atoms with van der Waals surface area (Å²) in [6.45, 7) is 0.174. The van der Waals surface area contributed by atoms with Gasteiger partial charge >= 0.3 is 0 Å². The largest absolute Gasteiger partial charge is 0.486 e. The van der Waals surface area contributed by atoms with Gasteiger partial charge in [0.25, 0.3) is 11.6 Å². The highest BCUT2D eigenvalue weighted by Gasteiger charge is 2.17. The number of nitrogens with zero attached hydrogens (tertiary/aromatic N) is 2. The summed E-state index contributed by atoms with van der Waals surface area (Å²) in [7, 11) is 0. The van der Waals surface area contributed by atoms with Crippen LogP contribution >= 0.6 is 0 Å². The lowest BCUT2D eigenvalue weighted by Crippen LogP contribution is -2.12. The molecule has 30 heavy (non-hydrogen) atoms. The summed E-state index contributed by atoms with van der Waals surface area (Å²) in [5, 5.41) is 22.6. The van der Waals surface area contributed by atoms with Gasteiger partial charge in [0.2, 0.25) is 0 Å². The van der Waals surface area contributed by atoms with Crippen molar-refractivity contribution >= 4 is 17.3 Å². The minimum Gasteiger partial charge on any atom is -0.486 e. The molecule has 0 spiro atoms. The Morgan fingerprint density at radius 3 is 2.80 bits per heavy atom. The van der Waals surface area contributed by atoms with E-state index >= 15 is 0 Å². The van der Waals surface area contributed by atoms with E-state index in [4.69, 9.17) is 9.15 Å². The van der Waals surface area contributed by atoms with Crippen LogP contribution in [-0.4, -0.2) is 10.8 Å². The molecule has 1 amide bonds. The second kappa shape index (κ2) is 8.09. The molecule has 0 bridgehead atoms. The number of non-ortho nitro benzene ring substituents is 1. The molecule has 0 radical (unpaired) electrons. The number of benzene rings is 2. The number of ether oxygens (including phenoxy) is 1. The standard InChI is InChI=1S/C22H17N3O5/c23-12-16-10-17(25(27)28)5-8-20(16)24-22(26)21-9-7-19(30-21)13-29-18-6-4-14-2-1-3-15(14)11-18/h4-11H,1-3,13H2,(H,24,26). The smallest absolute Gasteiger partial charge is 0.291 e. The normalized spacial score (nSPS) is 12.1. The first-order chi connectivity index (χ1) is 14.5. The Kier molecular flexibility index (Phi) is 5.18. The van der Waals surface area contributed by atoms with Crippen LogP contribution in [0, 0.1) is 21.4 Å². The lowest BCUT2D eigenvalue weighted by atomic mass is 10.1. The number of nitro benzene ring substituents is 1. The molecular weight excluding hydrogens is 386 g/mol. The number of carbonyl (C=O) groups excluding carboxylic acids is 1. The van der Waals surface area contributed by atoms with E-state index < -0.39 is 10.8 Å². The van der Waals surface area contributed by atoms with E-state index in [9.17, 15) is 20.2 Å². The number of anilines is 1. The molecule has 1 aliphatic rings. The van der Waals surface area contributed by atoms with E-state index in [2.05, 4.69) is 11.4 Å². The highest BCUT2D eigenvalue weighted by Crippen LogP contribution is 2.27. The molecule has 3 aromatic rings. The van der Waals surface area contributed by atoms with E-state index in [1.54, 1.807) is 6.07 Å². The monoisotopic (exact) mass is 403 g/mol. The molecule has 0 saturated carbocycles. The summed E-state index contributed by atoms with van der Waals surface area (Å²) in [5.41, 5.74) is 2.60. The van der Waals surface area contributed by atoms with Gasteiger partial charge in [0.1, 0.15) is 24.2 Å². The molecular formula is C22H17N3O5. The maximum atomic E-state index is 12.4. The maximum Gasteiger partial charge on any atom is 0.291 e. The van der Waals surface area contributed by atoms with Crippen molar-refractivity contribution in [2.75, 3.05) is 5.32 Å². The number of carbonyl (C=O) groups is 1. The Hall–Kier alpha value is -4.12. The second-order valence-electron chi connectivity index (χ2n) is 6.89. The molecule has 1 aromatic heterocycles. The molecule has 1 heterocycles. The van der Waals surface area contributed by atoms with E-state index in [0.717, 1.165) is 31.1 Å². The first kappa shape index (κ1) is 19.2. The molecule has 4 rings (SSSR count). The zero-order valence-corrected chi connectivity index (χ0v) is 15.9. The van der Waals surface area contributed by atoms with Crippen LogP contribution in [0.15, 0.2) is 52.9 Å². The Bertz CT molecular complexity index is 1180. The highest BCUT2D eigenvalue weighted by molar-refractivity contribution is 6.03. The summed E-state index contributed by atoms with van der Waals surface area (Å²) in [6, 6.07) is 14.7. The van der Waals surface area contributed by atoms with E-state index in [-0.39, 0.29) is 29.3 Å². The second-order valence-corrected chi connectivity index (χ2v) is 6.89. The number of fused-ring (bicyclic) bond motifs is 1. The van der Waals surface area contributed by atoms with Crippen molar-refractivity contribution in [1.29, 1.82) is 5.26 Å². The molecule has 0 aliphatic heterocycles. The number of hydrogen-bond acceptors (Lipinski definition) is 6. The molecule has 1 aliphatic carbocycles. The van der Waals surface area contributed by atoms with Crippen LogP contribution in [-0.2, 0) is 19.4 Å². The third-order valence-electron chi connectivity index (χ3n) is 4.92. The number of nitriles is 1. The number of nitrogens with one attached hydrogen (secondary N) is 1. The Balaban J connectivity index is 1.41. The van der Waals surface area contributed by atoms with Gasteiger partial charge in [-0.2, -0.15) is 5.26 Å². The van der Waals surface area contributed by atoms with E-state index in [0.29, 0.717) is 5.76 Å². The van der Waals surface area contributed by atoms with E-state index in [1.807, 2.05) is 18.2 Å². The van der Waals surface area contributed by atoms with Gasteiger partial charge in [0.05, 0.1) is 16.2 Å². The zero-order valence-electron chi connectivity index (χ0n) is 15.9. The van der Waals surface area contributed by atoms with Crippen molar-refractivity contribution in [2.45, 2.75) is 25.9 Å². The topological polar surface area (TPSA) is 118 Å². The fraction of sp³-hybridized carbons (Fsp3) is 0.182. The predicted molar refractivity (Wildman–Crippen MR) is 107 cm³/mol. The van der Waals surface area contributed by atoms with Gasteiger partial charge in [-0.3, -0.25) is 14.9 Å². The van der Waals surface area contributed by atoms with E-state index in [1.165, 1.54) is 29.3 Å². The quantitative estimate of drug-likeness (QED) is 0.482. The number of nitro groups is 1. The number of hydrogen-bond donors (Lipinski definition) is 1. The van der Waals surface area contributed by atoms with Crippen molar-refractivity contribution in [2.24, 2.45) is 0 Å². The van der Waals surface area contributed by atoms with Crippen LogP contribution in [0.1, 0.15) is 39.4 Å². The van der Waals surface area contributed by atoms with Gasteiger partial charge in [0.15, 0.2) is 5.76 Å². The van der Waals surface area contributed by atoms with Crippen LogP contribution < -0.4 is 10.1 Å². The fourth-order valence-electron chi connectivity index (χ4n) is 3.40. The van der Waals surface area contributed by atoms with Gasteiger partial charge in [-0.1, -0.05) is 6.07 Å². The highest BCUT2D eigenvalue weighted by atomic mass is 16.6. The van der Waals surface area contributed by atoms with Gasteiger partial charge in [-0.25, -0.2) is 0 Å². The minimum absolute atomic E-state index is 0.00993. The minimum atomic E-state index is -0.605. The third kappa shape index (κ3) is 4.00. The summed E-state index contributed by atoms with van der Waals surface area (Å²) >= 11 is 0. The Morgan fingerprint density at radius 1 is 1.17 bits per heavy atom. The van der Waals surface area contributed by atoms with Crippen molar-refractivity contribution < 1.29 is 18.9 Å². The van der Waals surface area contributed by atoms with Crippen LogP contribution in [0.4, 0.5) is 11.4 Å². The van der Waals surface area contributed by atoms with Crippen molar-refractivity contribution in [3.05, 3.63) is 86.9 Å². The Morgan fingerprint density at radius 2 is 2.00 bits per heavy atom. The number of furan rings is 1. The third-order valence-corrected chi connectivity index (χ3v) is 4.92. The zero-order chi connectivity index (χ0) is 21.1.